The van der Waals surface area contributed by atoms with Crippen LogP contribution in [0.4, 0.5) is 11.4 Å². The zero-order chi connectivity index (χ0) is 15.2. The molecule has 1 aliphatic carbocycles. The maximum atomic E-state index is 12.2. The molecule has 6 nitrogen and oxygen atoms in total. The number of nitro groups is 1. The number of nitrogen functional groups attached to an aromatic ring is 1. The molecule has 1 aromatic rings. The summed E-state index contributed by atoms with van der Waals surface area (Å²) in [5.41, 5.74) is 5.68. The minimum atomic E-state index is -0.568. The van der Waals surface area contributed by atoms with E-state index in [0.29, 0.717) is 0 Å². The second-order valence-corrected chi connectivity index (χ2v) is 5.55. The Morgan fingerprint density at radius 2 is 1.81 bits per heavy atom. The minimum absolute atomic E-state index is 0.0718. The van der Waals surface area contributed by atoms with Gasteiger partial charge in [0.1, 0.15) is 5.69 Å². The Morgan fingerprint density at radius 3 is 2.43 bits per heavy atom. The summed E-state index contributed by atoms with van der Waals surface area (Å²) < 4.78 is 0. The topological polar surface area (TPSA) is 98.3 Å². The number of nitrogens with one attached hydrogen (secondary N) is 1. The van der Waals surface area contributed by atoms with Crippen molar-refractivity contribution in [2.24, 2.45) is 0 Å². The van der Waals surface area contributed by atoms with Gasteiger partial charge < -0.3 is 11.1 Å². The first-order valence-electron chi connectivity index (χ1n) is 7.42. The number of hydrogen-bond donors (Lipinski definition) is 2. The van der Waals surface area contributed by atoms with E-state index in [-0.39, 0.29) is 28.9 Å². The van der Waals surface area contributed by atoms with Gasteiger partial charge in [-0.2, -0.15) is 0 Å². The van der Waals surface area contributed by atoms with E-state index in [1.54, 1.807) is 0 Å². The van der Waals surface area contributed by atoms with Crippen LogP contribution in [0.3, 0.4) is 0 Å². The van der Waals surface area contributed by atoms with Gasteiger partial charge in [0.15, 0.2) is 0 Å². The fourth-order valence-electron chi connectivity index (χ4n) is 2.71. The van der Waals surface area contributed by atoms with Crippen LogP contribution in [0.1, 0.15) is 55.3 Å². The maximum absolute atomic E-state index is 12.2. The molecule has 0 heterocycles. The highest BCUT2D eigenvalue weighted by atomic mass is 16.6. The second kappa shape index (κ2) is 7.06. The fourth-order valence-corrected chi connectivity index (χ4v) is 2.71. The maximum Gasteiger partial charge on any atom is 0.292 e. The lowest BCUT2D eigenvalue weighted by Gasteiger charge is -2.21. The van der Waals surface area contributed by atoms with E-state index in [1.807, 2.05) is 0 Å². The average Bonchev–Trinajstić information content (AvgIpc) is 2.41. The summed E-state index contributed by atoms with van der Waals surface area (Å²) in [6.45, 7) is 0. The summed E-state index contributed by atoms with van der Waals surface area (Å²) in [7, 11) is 0. The lowest BCUT2D eigenvalue weighted by atomic mass is 9.96. The zero-order valence-corrected chi connectivity index (χ0v) is 12.0. The van der Waals surface area contributed by atoms with E-state index < -0.39 is 4.92 Å². The van der Waals surface area contributed by atoms with Gasteiger partial charge in [0.25, 0.3) is 11.6 Å². The van der Waals surface area contributed by atoms with E-state index in [4.69, 9.17) is 5.73 Å². The molecule has 0 atom stereocenters. The summed E-state index contributed by atoms with van der Waals surface area (Å²) in [6.07, 6.45) is 7.87. The molecule has 1 aromatic carbocycles. The molecule has 1 aliphatic rings. The van der Waals surface area contributed by atoms with Crippen LogP contribution in [0.25, 0.3) is 0 Å². The van der Waals surface area contributed by atoms with E-state index in [0.717, 1.165) is 25.7 Å². The largest absolute Gasteiger partial charge is 0.393 e. The van der Waals surface area contributed by atoms with Gasteiger partial charge in [0.2, 0.25) is 0 Å². The second-order valence-electron chi connectivity index (χ2n) is 5.55. The monoisotopic (exact) mass is 291 g/mol. The van der Waals surface area contributed by atoms with Crippen LogP contribution in [0.2, 0.25) is 0 Å². The van der Waals surface area contributed by atoms with Crippen molar-refractivity contribution < 1.29 is 9.72 Å². The predicted molar refractivity (Wildman–Crippen MR) is 81.1 cm³/mol. The number of anilines is 1. The number of amides is 1. The van der Waals surface area contributed by atoms with Crippen molar-refractivity contribution in [1.82, 2.24) is 5.32 Å². The highest BCUT2D eigenvalue weighted by Gasteiger charge is 2.18. The van der Waals surface area contributed by atoms with Crippen molar-refractivity contribution in [3.8, 4) is 0 Å². The number of carbonyl (C=O) groups excluding carboxylic acids is 1. The van der Waals surface area contributed by atoms with Gasteiger partial charge in [0.05, 0.1) is 4.92 Å². The molecule has 0 unspecified atom stereocenters. The molecule has 1 saturated carbocycles. The van der Waals surface area contributed by atoms with Crippen LogP contribution >= 0.6 is 0 Å². The number of benzene rings is 1. The number of rotatable bonds is 3. The summed E-state index contributed by atoms with van der Waals surface area (Å²) in [5.74, 6) is -0.260. The molecule has 0 spiro atoms. The van der Waals surface area contributed by atoms with Crippen molar-refractivity contribution in [2.45, 2.75) is 51.0 Å². The summed E-state index contributed by atoms with van der Waals surface area (Å²) in [4.78, 5) is 22.5. The first-order valence-corrected chi connectivity index (χ1v) is 7.42. The van der Waals surface area contributed by atoms with Gasteiger partial charge >= 0.3 is 0 Å². The van der Waals surface area contributed by atoms with Crippen molar-refractivity contribution in [2.75, 3.05) is 5.73 Å². The molecule has 0 aliphatic heterocycles. The van der Waals surface area contributed by atoms with Gasteiger partial charge in [-0.1, -0.05) is 32.1 Å². The molecule has 114 valence electrons. The predicted octanol–water partition coefficient (Wildman–Crippen LogP) is 3.02. The third kappa shape index (κ3) is 4.18. The number of hydrogen-bond acceptors (Lipinski definition) is 4. The molecule has 21 heavy (non-hydrogen) atoms. The molecular formula is C15H21N3O3. The standard InChI is InChI=1S/C15H21N3O3/c16-13-9-8-11(10-14(13)18(20)21)15(19)17-12-6-4-2-1-3-5-7-12/h8-10,12H,1-7,16H2,(H,17,19). The van der Waals surface area contributed by atoms with Crippen LogP contribution in [-0.4, -0.2) is 16.9 Å². The Bertz CT molecular complexity index is 523. The van der Waals surface area contributed by atoms with Crippen LogP contribution in [0, 0.1) is 10.1 Å². The van der Waals surface area contributed by atoms with Crippen LogP contribution in [-0.2, 0) is 0 Å². The molecule has 0 radical (unpaired) electrons. The first kappa shape index (κ1) is 15.3. The molecule has 3 N–H and O–H groups in total. The number of nitrogens with zero attached hydrogens (tertiary/aromatic N) is 1. The van der Waals surface area contributed by atoms with E-state index in [9.17, 15) is 14.9 Å². The van der Waals surface area contributed by atoms with Crippen molar-refractivity contribution in [3.05, 3.63) is 33.9 Å². The fraction of sp³-hybridized carbons (Fsp3) is 0.533. The first-order chi connectivity index (χ1) is 10.1. The van der Waals surface area contributed by atoms with E-state index >= 15 is 0 Å². The SMILES string of the molecule is Nc1ccc(C(=O)NC2CCCCCCC2)cc1[N+](=O)[O-]. The Hall–Kier alpha value is -2.11. The molecule has 0 bridgehead atoms. The molecule has 6 heteroatoms. The van der Waals surface area contributed by atoms with E-state index in [1.165, 1.54) is 37.5 Å². The number of carbonyl (C=O) groups is 1. The van der Waals surface area contributed by atoms with Gasteiger partial charge in [-0.25, -0.2) is 0 Å². The Balaban J connectivity index is 2.05. The molecule has 0 saturated heterocycles. The van der Waals surface area contributed by atoms with Crippen molar-refractivity contribution >= 4 is 17.3 Å². The highest BCUT2D eigenvalue weighted by Crippen LogP contribution is 2.23. The van der Waals surface area contributed by atoms with Crippen LogP contribution < -0.4 is 11.1 Å². The molecule has 0 aromatic heterocycles. The Morgan fingerprint density at radius 1 is 1.19 bits per heavy atom. The summed E-state index contributed by atoms with van der Waals surface area (Å²) >= 11 is 0. The summed E-state index contributed by atoms with van der Waals surface area (Å²) in [6, 6.07) is 4.34. The normalized spacial score (nSPS) is 16.8. The highest BCUT2D eigenvalue weighted by molar-refractivity contribution is 5.95. The smallest absolute Gasteiger partial charge is 0.292 e. The van der Waals surface area contributed by atoms with Gasteiger partial charge in [-0.15, -0.1) is 0 Å². The minimum Gasteiger partial charge on any atom is -0.393 e. The number of nitrogens with two attached hydrogens (primary N) is 1. The quantitative estimate of drug-likeness (QED) is 0.508. The lowest BCUT2D eigenvalue weighted by molar-refractivity contribution is -0.383. The Kier molecular flexibility index (Phi) is 5.14. The number of nitro benzene ring substituents is 1. The molecule has 1 fully saturated rings. The lowest BCUT2D eigenvalue weighted by Crippen LogP contribution is -2.35. The zero-order valence-electron chi connectivity index (χ0n) is 12.0. The molecule has 1 amide bonds. The summed E-state index contributed by atoms with van der Waals surface area (Å²) in [5, 5.41) is 13.9. The third-order valence-electron chi connectivity index (χ3n) is 3.93. The molecular weight excluding hydrogens is 270 g/mol. The molecule has 2 rings (SSSR count). The van der Waals surface area contributed by atoms with Gasteiger partial charge in [-0.3, -0.25) is 14.9 Å². The van der Waals surface area contributed by atoms with Gasteiger partial charge in [0, 0.05) is 17.7 Å². The van der Waals surface area contributed by atoms with Crippen LogP contribution in [0.15, 0.2) is 18.2 Å². The van der Waals surface area contributed by atoms with Crippen molar-refractivity contribution in [1.29, 1.82) is 0 Å². The van der Waals surface area contributed by atoms with E-state index in [2.05, 4.69) is 5.32 Å². The van der Waals surface area contributed by atoms with Crippen molar-refractivity contribution in [3.63, 3.8) is 0 Å². The van der Waals surface area contributed by atoms with Gasteiger partial charge in [-0.05, 0) is 25.0 Å². The Labute approximate surface area is 123 Å². The third-order valence-corrected chi connectivity index (χ3v) is 3.93. The average molecular weight is 291 g/mol. The van der Waals surface area contributed by atoms with Crippen LogP contribution in [0.5, 0.6) is 0 Å².